The zero-order valence-electron chi connectivity index (χ0n) is 24.7. The average Bonchev–Trinajstić information content (AvgIpc) is 3.46. The highest BCUT2D eigenvalue weighted by Gasteiger charge is 2.56. The Morgan fingerprint density at radius 2 is 1.86 bits per heavy atom. The number of carbonyl (C=O) groups is 3. The lowest BCUT2D eigenvalue weighted by molar-refractivity contribution is -0.142. The van der Waals surface area contributed by atoms with Gasteiger partial charge in [-0.25, -0.2) is 4.79 Å². The van der Waals surface area contributed by atoms with E-state index in [1.807, 2.05) is 50.2 Å². The molecular formula is C32H44N4O6. The number of aliphatic hydroxyl groups excluding tert-OH is 1. The van der Waals surface area contributed by atoms with Crippen molar-refractivity contribution in [1.82, 2.24) is 15.5 Å². The van der Waals surface area contributed by atoms with E-state index in [2.05, 4.69) is 22.8 Å². The fourth-order valence-electron chi connectivity index (χ4n) is 6.34. The predicted octanol–water partition coefficient (Wildman–Crippen LogP) is 3.74. The SMILES string of the molecule is CC1(C)C[C@H]2[C@H](CN3C(=O)[C@@H](NC(=O)OCc4ccccc4)CCCC/C=C/CCCC[C@@H](C(O)C#N)NC(=O)[C@H]23)O1. The molecule has 3 aliphatic heterocycles. The van der Waals surface area contributed by atoms with Gasteiger partial charge in [-0.05, 0) is 64.4 Å². The second-order valence-electron chi connectivity index (χ2n) is 12.2. The van der Waals surface area contributed by atoms with Gasteiger partial charge in [-0.2, -0.15) is 5.26 Å². The van der Waals surface area contributed by atoms with E-state index in [0.29, 0.717) is 25.7 Å². The van der Waals surface area contributed by atoms with Crippen LogP contribution in [0, 0.1) is 17.2 Å². The fraction of sp³-hybridized carbons (Fsp3) is 0.625. The third-order valence-electron chi connectivity index (χ3n) is 8.41. The number of benzene rings is 1. The molecule has 3 aliphatic rings. The highest BCUT2D eigenvalue weighted by Crippen LogP contribution is 2.43. The van der Waals surface area contributed by atoms with Crippen LogP contribution in [0.4, 0.5) is 4.79 Å². The zero-order chi connectivity index (χ0) is 30.1. The van der Waals surface area contributed by atoms with Crippen LogP contribution in [0.1, 0.15) is 77.2 Å². The molecule has 42 heavy (non-hydrogen) atoms. The largest absolute Gasteiger partial charge is 0.445 e. The number of nitrogens with zero attached hydrogens (tertiary/aromatic N) is 2. The number of rotatable bonds is 4. The number of alkyl carbamates (subject to hydrolysis) is 1. The first-order chi connectivity index (χ1) is 20.2. The topological polar surface area (TPSA) is 141 Å². The van der Waals surface area contributed by atoms with Crippen LogP contribution in [0.15, 0.2) is 42.5 Å². The number of aliphatic hydroxyl groups is 1. The maximum absolute atomic E-state index is 14.1. The molecule has 0 aliphatic carbocycles. The zero-order valence-corrected chi connectivity index (χ0v) is 24.7. The maximum atomic E-state index is 14.1. The van der Waals surface area contributed by atoms with E-state index in [4.69, 9.17) is 9.47 Å². The van der Waals surface area contributed by atoms with Gasteiger partial charge >= 0.3 is 6.09 Å². The van der Waals surface area contributed by atoms with Crippen LogP contribution in [0.5, 0.6) is 0 Å². The number of ether oxygens (including phenoxy) is 2. The molecule has 3 N–H and O–H groups in total. The molecule has 3 amide bonds. The highest BCUT2D eigenvalue weighted by atomic mass is 16.5. The van der Waals surface area contributed by atoms with Crippen molar-refractivity contribution in [1.29, 1.82) is 5.26 Å². The average molecular weight is 581 g/mol. The lowest BCUT2D eigenvalue weighted by Crippen LogP contribution is -2.57. The van der Waals surface area contributed by atoms with Crippen LogP contribution in [0.25, 0.3) is 0 Å². The molecule has 1 unspecified atom stereocenters. The van der Waals surface area contributed by atoms with Gasteiger partial charge in [-0.3, -0.25) is 9.59 Å². The van der Waals surface area contributed by atoms with Crippen molar-refractivity contribution in [2.45, 2.75) is 114 Å². The Kier molecular flexibility index (Phi) is 11.0. The van der Waals surface area contributed by atoms with Crippen molar-refractivity contribution in [2.75, 3.05) is 6.54 Å². The number of fused-ring (bicyclic) bond motifs is 3. The van der Waals surface area contributed by atoms with Crippen molar-refractivity contribution >= 4 is 17.9 Å². The summed E-state index contributed by atoms with van der Waals surface area (Å²) in [6, 6.07) is 8.68. The van der Waals surface area contributed by atoms with Gasteiger partial charge in [0.25, 0.3) is 0 Å². The third kappa shape index (κ3) is 8.33. The van der Waals surface area contributed by atoms with E-state index in [1.54, 1.807) is 0 Å². The van der Waals surface area contributed by atoms with E-state index in [-0.39, 0.29) is 31.1 Å². The smallest absolute Gasteiger partial charge is 0.408 e. The summed E-state index contributed by atoms with van der Waals surface area (Å²) in [5, 5.41) is 25.5. The number of allylic oxidation sites excluding steroid dienone is 2. The number of hydrogen-bond acceptors (Lipinski definition) is 7. The maximum Gasteiger partial charge on any atom is 0.408 e. The first-order valence-electron chi connectivity index (χ1n) is 15.2. The molecule has 0 radical (unpaired) electrons. The van der Waals surface area contributed by atoms with Crippen LogP contribution in [-0.4, -0.2) is 70.4 Å². The van der Waals surface area contributed by atoms with Crippen LogP contribution in [0.3, 0.4) is 0 Å². The summed E-state index contributed by atoms with van der Waals surface area (Å²) in [4.78, 5) is 42.3. The molecule has 0 bridgehead atoms. The number of hydrogen-bond donors (Lipinski definition) is 3. The molecular weight excluding hydrogens is 536 g/mol. The number of carbonyl (C=O) groups excluding carboxylic acids is 3. The molecule has 1 aromatic rings. The lowest BCUT2D eigenvalue weighted by Gasteiger charge is -2.33. The van der Waals surface area contributed by atoms with Crippen LogP contribution in [-0.2, 0) is 25.7 Å². The monoisotopic (exact) mass is 580 g/mol. The van der Waals surface area contributed by atoms with E-state index in [9.17, 15) is 24.8 Å². The lowest BCUT2D eigenvalue weighted by atomic mass is 9.89. The van der Waals surface area contributed by atoms with Gasteiger partial charge < -0.3 is 30.1 Å². The van der Waals surface area contributed by atoms with E-state index in [0.717, 1.165) is 37.7 Å². The fourth-order valence-corrected chi connectivity index (χ4v) is 6.34. The minimum absolute atomic E-state index is 0.0722. The quantitative estimate of drug-likeness (QED) is 0.364. The van der Waals surface area contributed by atoms with Gasteiger partial charge in [0, 0.05) is 12.5 Å². The van der Waals surface area contributed by atoms with Gasteiger partial charge in [0.05, 0.1) is 23.8 Å². The molecule has 10 nitrogen and oxygen atoms in total. The van der Waals surface area contributed by atoms with Gasteiger partial charge in [0.15, 0.2) is 6.10 Å². The Bertz CT molecular complexity index is 1150. The van der Waals surface area contributed by atoms with E-state index >= 15 is 0 Å². The summed E-state index contributed by atoms with van der Waals surface area (Å²) in [5.74, 6) is -1.02. The summed E-state index contributed by atoms with van der Waals surface area (Å²) in [7, 11) is 0. The van der Waals surface area contributed by atoms with Gasteiger partial charge in [-0.1, -0.05) is 55.3 Å². The molecule has 0 aromatic heterocycles. The number of nitrogens with one attached hydrogen (secondary N) is 2. The summed E-state index contributed by atoms with van der Waals surface area (Å²) in [6.07, 6.45) is 8.16. The Morgan fingerprint density at radius 1 is 1.17 bits per heavy atom. The Labute approximate surface area is 248 Å². The molecule has 2 saturated heterocycles. The minimum Gasteiger partial charge on any atom is -0.445 e. The highest BCUT2D eigenvalue weighted by molar-refractivity contribution is 5.92. The van der Waals surface area contributed by atoms with Crippen molar-refractivity contribution in [3.63, 3.8) is 0 Å². The van der Waals surface area contributed by atoms with Gasteiger partial charge in [-0.15, -0.1) is 0 Å². The van der Waals surface area contributed by atoms with Crippen LogP contribution in [0.2, 0.25) is 0 Å². The van der Waals surface area contributed by atoms with Crippen molar-refractivity contribution in [2.24, 2.45) is 5.92 Å². The standard InChI is InChI=1S/C32H44N4O6/c1-32(2)18-23-27(42-32)20-36-28(23)29(38)34-24(26(37)19-33)16-12-7-5-3-4-6-8-13-17-25(30(36)39)35-31(40)41-21-22-14-10-9-11-15-22/h3-4,9-11,14-15,23-28,37H,5-8,12-13,16-18,20-21H2,1-2H3,(H,34,38)(H,35,40)/b4-3+/t23-,24-,25-,26?,27-,28-/m0/s1. The first kappa shape index (κ1) is 31.5. The summed E-state index contributed by atoms with van der Waals surface area (Å²) < 4.78 is 11.7. The molecule has 0 saturated carbocycles. The molecule has 4 rings (SSSR count). The molecule has 2 fully saturated rings. The van der Waals surface area contributed by atoms with Crippen molar-refractivity contribution in [3.05, 3.63) is 48.0 Å². The summed E-state index contributed by atoms with van der Waals surface area (Å²) >= 11 is 0. The molecule has 1 aromatic carbocycles. The van der Waals surface area contributed by atoms with Crippen LogP contribution < -0.4 is 10.6 Å². The van der Waals surface area contributed by atoms with Crippen molar-refractivity contribution in [3.8, 4) is 6.07 Å². The van der Waals surface area contributed by atoms with Crippen LogP contribution >= 0.6 is 0 Å². The predicted molar refractivity (Wildman–Crippen MR) is 156 cm³/mol. The Balaban J connectivity index is 1.56. The molecule has 3 heterocycles. The Morgan fingerprint density at radius 3 is 2.55 bits per heavy atom. The number of nitriles is 1. The minimum atomic E-state index is -1.36. The third-order valence-corrected chi connectivity index (χ3v) is 8.41. The summed E-state index contributed by atoms with van der Waals surface area (Å²) in [5.41, 5.74) is 0.382. The van der Waals surface area contributed by atoms with Gasteiger partial charge in [0.1, 0.15) is 18.7 Å². The molecule has 6 atom stereocenters. The van der Waals surface area contributed by atoms with Crippen molar-refractivity contribution < 1.29 is 29.0 Å². The second kappa shape index (κ2) is 14.7. The molecule has 0 spiro atoms. The molecule has 10 heteroatoms. The summed E-state index contributed by atoms with van der Waals surface area (Å²) in [6.45, 7) is 4.23. The second-order valence-corrected chi connectivity index (χ2v) is 12.2. The molecule has 228 valence electrons. The first-order valence-corrected chi connectivity index (χ1v) is 15.2. The number of amides is 3. The normalized spacial score (nSPS) is 30.1. The Hall–Kier alpha value is -3.42. The van der Waals surface area contributed by atoms with Gasteiger partial charge in [0.2, 0.25) is 11.8 Å². The van der Waals surface area contributed by atoms with E-state index < -0.39 is 41.8 Å². The van der Waals surface area contributed by atoms with E-state index in [1.165, 1.54) is 4.90 Å².